The zero-order valence-electron chi connectivity index (χ0n) is 40.4. The molecule has 10 aromatic carbocycles. The SMILES string of the molecule is c1ccc(B2OC3(c4ccccc4)C(c4ccccc4)=C(c4ccccc4)C(c4ccccc4)=C(c4ccccc4)[B-]34C(c3ccccc3)=C(c3ccccc3)C3(c5ccccc5)P4C23c2ccccc2)cc1. The Bertz CT molecular complexity index is 3730. The normalized spacial score (nSPS) is 23.7. The van der Waals surface area contributed by atoms with E-state index in [1.165, 1.54) is 72.1 Å². The second-order valence-electron chi connectivity index (χ2n) is 19.9. The lowest BCUT2D eigenvalue weighted by Gasteiger charge is -2.69. The molecule has 5 unspecified atom stereocenters. The summed E-state index contributed by atoms with van der Waals surface area (Å²) >= 11 is 0. The molecule has 0 radical (unpaired) electrons. The van der Waals surface area contributed by atoms with E-state index < -0.39 is 36.3 Å². The smallest absolute Gasteiger partial charge is 0.338 e. The van der Waals surface area contributed by atoms with E-state index in [1.54, 1.807) is 0 Å². The molecule has 2 saturated heterocycles. The summed E-state index contributed by atoms with van der Waals surface area (Å²) in [4.78, 5) is 0. The summed E-state index contributed by atoms with van der Waals surface area (Å²) in [5, 5.41) is -1.16. The second kappa shape index (κ2) is 17.3. The van der Waals surface area contributed by atoms with Crippen molar-refractivity contribution in [1.82, 2.24) is 0 Å². The first kappa shape index (κ1) is 43.7. The summed E-state index contributed by atoms with van der Waals surface area (Å²) in [6.45, 7) is -0.417. The van der Waals surface area contributed by atoms with E-state index in [0.717, 1.165) is 16.7 Å². The highest BCUT2D eigenvalue weighted by Gasteiger charge is 2.91. The van der Waals surface area contributed by atoms with Gasteiger partial charge in [0, 0.05) is 10.2 Å². The molecule has 1 spiro atoms. The Hall–Kier alpha value is -8.06. The molecular weight excluding hydrogens is 897 g/mol. The molecule has 4 heterocycles. The van der Waals surface area contributed by atoms with Crippen LogP contribution in [-0.2, 0) is 20.4 Å². The Labute approximate surface area is 430 Å². The summed E-state index contributed by atoms with van der Waals surface area (Å²) in [5.41, 5.74) is 18.8. The zero-order valence-corrected chi connectivity index (χ0v) is 41.3. The van der Waals surface area contributed by atoms with Crippen LogP contribution in [0.1, 0.15) is 50.1 Å². The lowest BCUT2D eigenvalue weighted by Crippen LogP contribution is -2.69. The maximum atomic E-state index is 9.24. The highest BCUT2D eigenvalue weighted by molar-refractivity contribution is 8.11. The number of benzene rings is 10. The van der Waals surface area contributed by atoms with Gasteiger partial charge in [-0.15, -0.1) is 0 Å². The third kappa shape index (κ3) is 5.96. The van der Waals surface area contributed by atoms with Crippen molar-refractivity contribution in [2.45, 2.75) is 15.7 Å². The van der Waals surface area contributed by atoms with Crippen molar-refractivity contribution in [3.05, 3.63) is 353 Å². The van der Waals surface area contributed by atoms with Crippen LogP contribution in [0.5, 0.6) is 0 Å². The van der Waals surface area contributed by atoms with Crippen molar-refractivity contribution < 1.29 is 4.65 Å². The standard InChI is InChI=1S/C69H50B2OP/c1-11-31-51(32-12-1)61-62(52-33-13-2-14-34-52)65(55-39-19-5-20-40-55)71-66(56-41-21-6-22-42-56)64(54-37-17-4-18-38-54)67(57-43-23-7-24-44-57)69(73(67)71,59-47-27-9-28-48-59)70(60-49-29-10-30-50-60)72-68(71,58-45-25-8-26-46-58)63(61)53-35-15-3-16-36-53/h1-50H/q-1. The molecule has 4 heteroatoms. The number of hydrogen-bond acceptors (Lipinski definition) is 1. The highest BCUT2D eigenvalue weighted by atomic mass is 31.1. The fraction of sp³-hybridized carbons (Fsp3) is 0.0435. The van der Waals surface area contributed by atoms with Gasteiger partial charge in [-0.2, -0.15) is 10.9 Å². The predicted octanol–water partition coefficient (Wildman–Crippen LogP) is 16.1. The molecule has 5 atom stereocenters. The van der Waals surface area contributed by atoms with Gasteiger partial charge in [-0.25, -0.2) is 7.80 Å². The van der Waals surface area contributed by atoms with E-state index in [9.17, 15) is 4.65 Å². The summed E-state index contributed by atoms with van der Waals surface area (Å²) in [7, 11) is -1.31. The molecular formula is C69H50B2OP-. The Morgan fingerprint density at radius 1 is 0.301 bits per heavy atom. The average Bonchev–Trinajstić information content (AvgIpc) is 4.11. The summed E-state index contributed by atoms with van der Waals surface area (Å²) in [5.74, 6) is -2.22. The van der Waals surface area contributed by atoms with Crippen molar-refractivity contribution in [2.75, 3.05) is 0 Å². The van der Waals surface area contributed by atoms with Crippen LogP contribution in [0.3, 0.4) is 0 Å². The quantitative estimate of drug-likeness (QED) is 0.0980. The van der Waals surface area contributed by atoms with E-state index in [4.69, 9.17) is 0 Å². The second-order valence-corrected chi connectivity index (χ2v) is 22.8. The number of allylic oxidation sites excluding steroid dienone is 3. The van der Waals surface area contributed by atoms with Crippen LogP contribution in [0.2, 0.25) is 0 Å². The Morgan fingerprint density at radius 2 is 0.644 bits per heavy atom. The van der Waals surface area contributed by atoms with Crippen LogP contribution >= 0.6 is 7.80 Å². The summed E-state index contributed by atoms with van der Waals surface area (Å²) in [6.07, 6.45) is 0. The summed E-state index contributed by atoms with van der Waals surface area (Å²) < 4.78 is 9.24. The van der Waals surface area contributed by atoms with Gasteiger partial charge < -0.3 is 4.65 Å². The van der Waals surface area contributed by atoms with Crippen LogP contribution in [-0.4, -0.2) is 12.8 Å². The van der Waals surface area contributed by atoms with Gasteiger partial charge >= 0.3 is 6.92 Å². The molecule has 14 rings (SSSR count). The van der Waals surface area contributed by atoms with Gasteiger partial charge in [0.25, 0.3) is 0 Å². The molecule has 73 heavy (non-hydrogen) atoms. The molecule has 0 bridgehead atoms. The van der Waals surface area contributed by atoms with Crippen LogP contribution in [0.15, 0.2) is 303 Å². The molecule has 4 aliphatic heterocycles. The van der Waals surface area contributed by atoms with Crippen molar-refractivity contribution in [1.29, 1.82) is 0 Å². The first-order chi connectivity index (χ1) is 36.3. The van der Waals surface area contributed by atoms with Crippen LogP contribution in [0.25, 0.3) is 33.2 Å². The minimum absolute atomic E-state index is 0.417. The number of rotatable bonds is 10. The molecule has 0 aliphatic carbocycles. The van der Waals surface area contributed by atoms with Gasteiger partial charge in [0.2, 0.25) is 0 Å². The predicted molar refractivity (Wildman–Crippen MR) is 309 cm³/mol. The van der Waals surface area contributed by atoms with Gasteiger partial charge in [0.15, 0.2) is 0 Å². The van der Waals surface area contributed by atoms with E-state index in [2.05, 4.69) is 303 Å². The molecule has 4 aliphatic rings. The fourth-order valence-electron chi connectivity index (χ4n) is 14.5. The van der Waals surface area contributed by atoms with E-state index in [1.807, 2.05) is 0 Å². The molecule has 344 valence electrons. The van der Waals surface area contributed by atoms with Crippen molar-refractivity contribution in [3.63, 3.8) is 0 Å². The third-order valence-electron chi connectivity index (χ3n) is 16.6. The lowest BCUT2D eigenvalue weighted by atomic mass is 9.19. The molecule has 1 nitrogen and oxygen atoms in total. The average molecular weight is 948 g/mol. The molecule has 0 amide bonds. The molecule has 2 fully saturated rings. The minimum atomic E-state index is -2.22. The molecule has 10 aromatic rings. The third-order valence-corrected chi connectivity index (χ3v) is 21.2. The Kier molecular flexibility index (Phi) is 10.4. The fourth-order valence-corrected chi connectivity index (χ4v) is 20.7. The van der Waals surface area contributed by atoms with Crippen LogP contribution in [0.4, 0.5) is 0 Å². The van der Waals surface area contributed by atoms with Crippen molar-refractivity contribution >= 4 is 59.3 Å². The molecule has 0 aromatic heterocycles. The summed E-state index contributed by atoms with van der Waals surface area (Å²) in [6, 6.07) is 114. The van der Waals surface area contributed by atoms with E-state index in [0.29, 0.717) is 0 Å². The van der Waals surface area contributed by atoms with E-state index >= 15 is 0 Å². The minimum Gasteiger partial charge on any atom is -0.451 e. The molecule has 0 saturated carbocycles. The van der Waals surface area contributed by atoms with Gasteiger partial charge in [0.1, 0.15) is 5.87 Å². The van der Waals surface area contributed by atoms with Gasteiger partial charge in [-0.05, 0) is 66.6 Å². The van der Waals surface area contributed by atoms with Gasteiger partial charge in [-0.3, -0.25) is 0 Å². The van der Waals surface area contributed by atoms with Gasteiger partial charge in [0.05, 0.1) is 0 Å². The lowest BCUT2D eigenvalue weighted by molar-refractivity contribution is 0.208. The topological polar surface area (TPSA) is 9.23 Å². The number of fused-ring (bicyclic) bond motifs is 1. The van der Waals surface area contributed by atoms with E-state index in [-0.39, 0.29) is 0 Å². The van der Waals surface area contributed by atoms with Gasteiger partial charge in [-0.1, -0.05) is 320 Å². The maximum Gasteiger partial charge on any atom is 0.338 e. The first-order valence-electron chi connectivity index (χ1n) is 25.7. The van der Waals surface area contributed by atoms with Crippen LogP contribution in [0, 0.1) is 0 Å². The Morgan fingerprint density at radius 3 is 1.11 bits per heavy atom. The van der Waals surface area contributed by atoms with Crippen molar-refractivity contribution in [3.8, 4) is 0 Å². The highest BCUT2D eigenvalue weighted by Crippen LogP contribution is 3.07. The largest absolute Gasteiger partial charge is 0.451 e. The zero-order chi connectivity index (χ0) is 48.5. The monoisotopic (exact) mass is 947 g/mol. The maximum absolute atomic E-state index is 9.24. The number of hydrogen-bond donors (Lipinski definition) is 0. The van der Waals surface area contributed by atoms with Crippen molar-refractivity contribution in [2.24, 2.45) is 0 Å². The van der Waals surface area contributed by atoms with Crippen LogP contribution < -0.4 is 5.46 Å². The Balaban J connectivity index is 1.35. The molecule has 0 N–H and O–H groups in total. The first-order valence-corrected chi connectivity index (χ1v) is 27.1.